The van der Waals surface area contributed by atoms with Crippen molar-refractivity contribution in [1.82, 2.24) is 10.3 Å². The lowest BCUT2D eigenvalue weighted by molar-refractivity contribution is 0.0915. The molecule has 4 heteroatoms. The quantitative estimate of drug-likeness (QED) is 0.738. The van der Waals surface area contributed by atoms with Crippen LogP contribution in [0.25, 0.3) is 11.3 Å². The van der Waals surface area contributed by atoms with Gasteiger partial charge in [0.2, 0.25) is 0 Å². The maximum atomic E-state index is 12.6. The average molecular weight is 346 g/mol. The Labute approximate surface area is 153 Å². The Hall–Kier alpha value is -2.98. The van der Waals surface area contributed by atoms with Crippen LogP contribution in [-0.2, 0) is 0 Å². The lowest BCUT2D eigenvalue weighted by Gasteiger charge is -2.14. The minimum atomic E-state index is -0.737. The lowest BCUT2D eigenvalue weighted by Crippen LogP contribution is -2.29. The van der Waals surface area contributed by atoms with E-state index in [0.717, 1.165) is 27.9 Å². The Balaban J connectivity index is 1.73. The van der Waals surface area contributed by atoms with Crippen molar-refractivity contribution in [3.63, 3.8) is 0 Å². The number of carbonyl (C=O) groups is 1. The van der Waals surface area contributed by atoms with Gasteiger partial charge in [0, 0.05) is 23.9 Å². The second-order valence-corrected chi connectivity index (χ2v) is 6.33. The molecule has 1 aromatic heterocycles. The molecule has 0 saturated carbocycles. The van der Waals surface area contributed by atoms with E-state index in [-0.39, 0.29) is 12.5 Å². The number of aliphatic hydroxyl groups excluding tert-OH is 1. The molecule has 0 aliphatic rings. The SMILES string of the molecule is Cc1ccc([C@@H](O)CNC(=O)c2cccc(-c3ccccn3)c2C)cc1. The molecule has 2 N–H and O–H groups in total. The number of carbonyl (C=O) groups excluding carboxylic acids is 1. The number of pyridine rings is 1. The molecule has 0 bridgehead atoms. The molecule has 4 nitrogen and oxygen atoms in total. The molecule has 0 unspecified atom stereocenters. The van der Waals surface area contributed by atoms with Crippen LogP contribution in [0.2, 0.25) is 0 Å². The third-order valence-electron chi connectivity index (χ3n) is 4.44. The van der Waals surface area contributed by atoms with E-state index < -0.39 is 6.10 Å². The fourth-order valence-corrected chi connectivity index (χ4v) is 2.87. The van der Waals surface area contributed by atoms with Crippen LogP contribution in [0, 0.1) is 13.8 Å². The molecule has 0 aliphatic heterocycles. The summed E-state index contributed by atoms with van der Waals surface area (Å²) in [6, 6.07) is 18.9. The highest BCUT2D eigenvalue weighted by Gasteiger charge is 2.15. The summed E-state index contributed by atoms with van der Waals surface area (Å²) in [6.45, 7) is 4.07. The number of nitrogens with zero attached hydrogens (tertiary/aromatic N) is 1. The lowest BCUT2D eigenvalue weighted by atomic mass is 9.99. The van der Waals surface area contributed by atoms with E-state index in [4.69, 9.17) is 0 Å². The standard InChI is InChI=1S/C22H22N2O2/c1-15-9-11-17(12-10-15)21(25)14-24-22(26)19-7-5-6-18(16(19)2)20-8-3-4-13-23-20/h3-13,21,25H,14H2,1-2H3,(H,24,26)/t21-/m0/s1. The van der Waals surface area contributed by atoms with E-state index in [1.807, 2.05) is 68.4 Å². The van der Waals surface area contributed by atoms with Crippen LogP contribution in [0.4, 0.5) is 0 Å². The number of rotatable bonds is 5. The van der Waals surface area contributed by atoms with Crippen LogP contribution in [0.1, 0.15) is 33.2 Å². The Morgan fingerprint density at radius 1 is 1.04 bits per heavy atom. The van der Waals surface area contributed by atoms with E-state index >= 15 is 0 Å². The zero-order valence-electron chi connectivity index (χ0n) is 14.9. The number of aromatic nitrogens is 1. The van der Waals surface area contributed by atoms with Gasteiger partial charge < -0.3 is 10.4 Å². The first-order valence-corrected chi connectivity index (χ1v) is 8.60. The summed E-state index contributed by atoms with van der Waals surface area (Å²) >= 11 is 0. The van der Waals surface area contributed by atoms with Crippen molar-refractivity contribution >= 4 is 5.91 Å². The second kappa shape index (κ2) is 7.93. The van der Waals surface area contributed by atoms with Gasteiger partial charge in [-0.3, -0.25) is 9.78 Å². The number of benzene rings is 2. The number of hydrogen-bond donors (Lipinski definition) is 2. The van der Waals surface area contributed by atoms with Gasteiger partial charge in [0.05, 0.1) is 11.8 Å². The molecule has 0 saturated heterocycles. The van der Waals surface area contributed by atoms with Crippen molar-refractivity contribution in [1.29, 1.82) is 0 Å². The van der Waals surface area contributed by atoms with E-state index in [1.165, 1.54) is 0 Å². The predicted octanol–water partition coefficient (Wildman–Crippen LogP) is 3.83. The molecule has 0 spiro atoms. The fourth-order valence-electron chi connectivity index (χ4n) is 2.87. The fraction of sp³-hybridized carbons (Fsp3) is 0.182. The van der Waals surface area contributed by atoms with Gasteiger partial charge in [0.1, 0.15) is 0 Å². The van der Waals surface area contributed by atoms with Crippen molar-refractivity contribution in [2.24, 2.45) is 0 Å². The molecular formula is C22H22N2O2. The van der Waals surface area contributed by atoms with Gasteiger partial charge in [-0.25, -0.2) is 0 Å². The molecule has 1 heterocycles. The van der Waals surface area contributed by atoms with Crippen LogP contribution in [-0.4, -0.2) is 22.5 Å². The average Bonchev–Trinajstić information content (AvgIpc) is 2.67. The highest BCUT2D eigenvalue weighted by molar-refractivity contribution is 5.97. The number of aryl methyl sites for hydroxylation is 1. The number of nitrogens with one attached hydrogen (secondary N) is 1. The Morgan fingerprint density at radius 2 is 1.81 bits per heavy atom. The van der Waals surface area contributed by atoms with Gasteiger partial charge in [-0.15, -0.1) is 0 Å². The summed E-state index contributed by atoms with van der Waals surface area (Å²) in [6.07, 6.45) is 0.998. The summed E-state index contributed by atoms with van der Waals surface area (Å²) in [5.74, 6) is -0.202. The maximum Gasteiger partial charge on any atom is 0.251 e. The van der Waals surface area contributed by atoms with Gasteiger partial charge >= 0.3 is 0 Å². The molecule has 3 aromatic rings. The number of hydrogen-bond acceptors (Lipinski definition) is 3. The van der Waals surface area contributed by atoms with Crippen molar-refractivity contribution in [3.05, 3.63) is 89.1 Å². The van der Waals surface area contributed by atoms with Crippen LogP contribution in [0.15, 0.2) is 66.9 Å². The van der Waals surface area contributed by atoms with Gasteiger partial charge in [-0.2, -0.15) is 0 Å². The Morgan fingerprint density at radius 3 is 2.50 bits per heavy atom. The summed E-state index contributed by atoms with van der Waals surface area (Å²) in [5, 5.41) is 13.1. The van der Waals surface area contributed by atoms with Crippen LogP contribution < -0.4 is 5.32 Å². The minimum Gasteiger partial charge on any atom is -0.387 e. The highest BCUT2D eigenvalue weighted by Crippen LogP contribution is 2.24. The zero-order chi connectivity index (χ0) is 18.5. The number of aliphatic hydroxyl groups is 1. The second-order valence-electron chi connectivity index (χ2n) is 6.33. The van der Waals surface area contributed by atoms with Crippen molar-refractivity contribution in [2.75, 3.05) is 6.54 Å². The normalized spacial score (nSPS) is 11.8. The molecule has 1 amide bonds. The summed E-state index contributed by atoms with van der Waals surface area (Å²) < 4.78 is 0. The number of amides is 1. The predicted molar refractivity (Wildman–Crippen MR) is 103 cm³/mol. The summed E-state index contributed by atoms with van der Waals surface area (Å²) in [5.41, 5.74) is 5.14. The first-order valence-electron chi connectivity index (χ1n) is 8.60. The molecule has 132 valence electrons. The van der Waals surface area contributed by atoms with Crippen molar-refractivity contribution in [2.45, 2.75) is 20.0 Å². The van der Waals surface area contributed by atoms with E-state index in [0.29, 0.717) is 5.56 Å². The monoisotopic (exact) mass is 346 g/mol. The summed E-state index contributed by atoms with van der Waals surface area (Å²) in [4.78, 5) is 17.0. The minimum absolute atomic E-state index is 0.162. The van der Waals surface area contributed by atoms with E-state index in [2.05, 4.69) is 10.3 Å². The van der Waals surface area contributed by atoms with Gasteiger partial charge in [-0.1, -0.05) is 48.0 Å². The third-order valence-corrected chi connectivity index (χ3v) is 4.44. The van der Waals surface area contributed by atoms with Gasteiger partial charge in [0.25, 0.3) is 5.91 Å². The largest absolute Gasteiger partial charge is 0.387 e. The zero-order valence-corrected chi connectivity index (χ0v) is 14.9. The Bertz CT molecular complexity index is 890. The molecule has 1 atom stereocenters. The van der Waals surface area contributed by atoms with Crippen molar-refractivity contribution in [3.8, 4) is 11.3 Å². The molecule has 0 fully saturated rings. The third kappa shape index (κ3) is 3.98. The van der Waals surface area contributed by atoms with Gasteiger partial charge in [-0.05, 0) is 43.2 Å². The van der Waals surface area contributed by atoms with E-state index in [9.17, 15) is 9.90 Å². The van der Waals surface area contributed by atoms with Crippen molar-refractivity contribution < 1.29 is 9.90 Å². The first-order chi connectivity index (χ1) is 12.6. The molecule has 0 aliphatic carbocycles. The molecule has 2 aromatic carbocycles. The van der Waals surface area contributed by atoms with Crippen LogP contribution >= 0.6 is 0 Å². The maximum absolute atomic E-state index is 12.6. The smallest absolute Gasteiger partial charge is 0.251 e. The molecule has 26 heavy (non-hydrogen) atoms. The van der Waals surface area contributed by atoms with Crippen LogP contribution in [0.3, 0.4) is 0 Å². The van der Waals surface area contributed by atoms with Gasteiger partial charge in [0.15, 0.2) is 0 Å². The molecular weight excluding hydrogens is 324 g/mol. The molecule has 0 radical (unpaired) electrons. The summed E-state index contributed by atoms with van der Waals surface area (Å²) in [7, 11) is 0. The Kier molecular flexibility index (Phi) is 5.44. The van der Waals surface area contributed by atoms with Crippen LogP contribution in [0.5, 0.6) is 0 Å². The highest BCUT2D eigenvalue weighted by atomic mass is 16.3. The topological polar surface area (TPSA) is 62.2 Å². The molecule has 3 rings (SSSR count). The van der Waals surface area contributed by atoms with E-state index in [1.54, 1.807) is 12.3 Å². The first kappa shape index (κ1) is 17.8.